The molecule has 0 unspecified atom stereocenters. The number of Topliss-reactive ketones (excluding diaryl/α,β-unsaturated/α-hetero) is 1. The Morgan fingerprint density at radius 2 is 1.94 bits per heavy atom. The zero-order valence-corrected chi connectivity index (χ0v) is 9.23. The summed E-state index contributed by atoms with van der Waals surface area (Å²) in [5.74, 6) is -0.337. The molecule has 1 aromatic rings. The van der Waals surface area contributed by atoms with Crippen LogP contribution in [0.2, 0.25) is 0 Å². The van der Waals surface area contributed by atoms with Crippen molar-refractivity contribution in [3.05, 3.63) is 29.8 Å². The maximum absolute atomic E-state index is 11.7. The molecule has 0 heterocycles. The number of para-hydroxylation sites is 1. The molecule has 0 aliphatic rings. The number of nitrogen functional groups attached to an aromatic ring is 1. The normalized spacial score (nSPS) is 9.81. The van der Waals surface area contributed by atoms with Crippen molar-refractivity contribution in [3.63, 3.8) is 0 Å². The second-order valence-corrected chi connectivity index (χ2v) is 3.44. The standard InChI is InChI=1S/C12H15NO3/c1-16-12(15)8-4-7-11(14)9-5-2-3-6-10(9)13/h2-3,5-6H,4,7-8,13H2,1H3. The number of ether oxygens (including phenoxy) is 1. The number of carbonyl (C=O) groups is 2. The molecule has 4 heteroatoms. The Kier molecular flexibility index (Phi) is 4.51. The second kappa shape index (κ2) is 5.90. The number of anilines is 1. The Morgan fingerprint density at radius 1 is 1.25 bits per heavy atom. The molecule has 0 bridgehead atoms. The minimum Gasteiger partial charge on any atom is -0.469 e. The molecule has 0 aliphatic heterocycles. The van der Waals surface area contributed by atoms with E-state index in [0.717, 1.165) is 0 Å². The number of nitrogens with two attached hydrogens (primary N) is 1. The van der Waals surface area contributed by atoms with Crippen molar-refractivity contribution in [2.45, 2.75) is 19.3 Å². The van der Waals surface area contributed by atoms with Gasteiger partial charge < -0.3 is 10.5 Å². The molecule has 86 valence electrons. The average Bonchev–Trinajstić information content (AvgIpc) is 2.29. The molecule has 0 radical (unpaired) electrons. The van der Waals surface area contributed by atoms with E-state index in [1.165, 1.54) is 7.11 Å². The lowest BCUT2D eigenvalue weighted by Gasteiger charge is -2.03. The minimum absolute atomic E-state index is 0.0398. The number of hydrogen-bond acceptors (Lipinski definition) is 4. The van der Waals surface area contributed by atoms with E-state index in [1.54, 1.807) is 24.3 Å². The van der Waals surface area contributed by atoms with E-state index in [9.17, 15) is 9.59 Å². The topological polar surface area (TPSA) is 69.4 Å². The fraction of sp³-hybridized carbons (Fsp3) is 0.333. The number of hydrogen-bond donors (Lipinski definition) is 1. The van der Waals surface area contributed by atoms with Gasteiger partial charge in [0, 0.05) is 24.1 Å². The van der Waals surface area contributed by atoms with Crippen molar-refractivity contribution >= 4 is 17.4 Å². The molecule has 0 atom stereocenters. The maximum Gasteiger partial charge on any atom is 0.305 e. The first-order chi connectivity index (χ1) is 7.65. The third-order valence-corrected chi connectivity index (χ3v) is 2.27. The van der Waals surface area contributed by atoms with Crippen LogP contribution in [-0.4, -0.2) is 18.9 Å². The van der Waals surface area contributed by atoms with Crippen molar-refractivity contribution in [1.82, 2.24) is 0 Å². The van der Waals surface area contributed by atoms with Crippen molar-refractivity contribution < 1.29 is 14.3 Å². The molecule has 2 N–H and O–H groups in total. The van der Waals surface area contributed by atoms with Crippen LogP contribution in [0.4, 0.5) is 5.69 Å². The highest BCUT2D eigenvalue weighted by Crippen LogP contribution is 2.14. The predicted octanol–water partition coefficient (Wildman–Crippen LogP) is 1.79. The van der Waals surface area contributed by atoms with Gasteiger partial charge in [-0.25, -0.2) is 0 Å². The van der Waals surface area contributed by atoms with Crippen LogP contribution in [0.5, 0.6) is 0 Å². The van der Waals surface area contributed by atoms with Gasteiger partial charge in [-0.1, -0.05) is 12.1 Å². The van der Waals surface area contributed by atoms with Crippen molar-refractivity contribution in [3.8, 4) is 0 Å². The molecule has 16 heavy (non-hydrogen) atoms. The summed E-state index contributed by atoms with van der Waals surface area (Å²) in [5, 5.41) is 0. The molecule has 0 fully saturated rings. The van der Waals surface area contributed by atoms with Gasteiger partial charge in [0.15, 0.2) is 5.78 Å². The summed E-state index contributed by atoms with van der Waals surface area (Å²) in [7, 11) is 1.33. The highest BCUT2D eigenvalue weighted by Gasteiger charge is 2.09. The largest absolute Gasteiger partial charge is 0.469 e. The highest BCUT2D eigenvalue weighted by molar-refractivity contribution is 6.00. The molecular formula is C12H15NO3. The van der Waals surface area contributed by atoms with Crippen LogP contribution in [0.15, 0.2) is 24.3 Å². The Bertz CT molecular complexity index is 388. The molecule has 4 nitrogen and oxygen atoms in total. The van der Waals surface area contributed by atoms with Crippen molar-refractivity contribution in [2.24, 2.45) is 0 Å². The van der Waals surface area contributed by atoms with Gasteiger partial charge in [-0.3, -0.25) is 9.59 Å². The minimum atomic E-state index is -0.297. The lowest BCUT2D eigenvalue weighted by atomic mass is 10.0. The molecule has 0 saturated heterocycles. The van der Waals surface area contributed by atoms with Crippen LogP contribution in [0.1, 0.15) is 29.6 Å². The zero-order valence-electron chi connectivity index (χ0n) is 9.23. The van der Waals surface area contributed by atoms with Gasteiger partial charge in [-0.2, -0.15) is 0 Å². The quantitative estimate of drug-likeness (QED) is 0.467. The van der Waals surface area contributed by atoms with Gasteiger partial charge in [0.05, 0.1) is 7.11 Å². The van der Waals surface area contributed by atoms with Gasteiger partial charge in [0.1, 0.15) is 0 Å². The van der Waals surface area contributed by atoms with Crippen LogP contribution in [0.3, 0.4) is 0 Å². The Balaban J connectivity index is 2.47. The SMILES string of the molecule is COC(=O)CCCC(=O)c1ccccc1N. The Hall–Kier alpha value is -1.84. The summed E-state index contributed by atoms with van der Waals surface area (Å²) >= 11 is 0. The third-order valence-electron chi connectivity index (χ3n) is 2.27. The van der Waals surface area contributed by atoms with Crippen LogP contribution >= 0.6 is 0 Å². The summed E-state index contributed by atoms with van der Waals surface area (Å²) in [5.41, 5.74) is 6.66. The lowest BCUT2D eigenvalue weighted by molar-refractivity contribution is -0.140. The van der Waals surface area contributed by atoms with E-state index in [1.807, 2.05) is 0 Å². The fourth-order valence-electron chi connectivity index (χ4n) is 1.38. The third kappa shape index (κ3) is 3.38. The van der Waals surface area contributed by atoms with Crippen molar-refractivity contribution in [1.29, 1.82) is 0 Å². The van der Waals surface area contributed by atoms with Gasteiger partial charge in [0.25, 0.3) is 0 Å². The molecule has 0 saturated carbocycles. The van der Waals surface area contributed by atoms with Crippen LogP contribution in [0.25, 0.3) is 0 Å². The summed E-state index contributed by atoms with van der Waals surface area (Å²) < 4.78 is 4.49. The monoisotopic (exact) mass is 221 g/mol. The molecule has 0 spiro atoms. The van der Waals surface area contributed by atoms with Crippen molar-refractivity contribution in [2.75, 3.05) is 12.8 Å². The highest BCUT2D eigenvalue weighted by atomic mass is 16.5. The summed E-state index contributed by atoms with van der Waals surface area (Å²) in [6.07, 6.45) is 1.05. The second-order valence-electron chi connectivity index (χ2n) is 3.44. The average molecular weight is 221 g/mol. The van der Waals surface area contributed by atoms with Gasteiger partial charge >= 0.3 is 5.97 Å². The van der Waals surface area contributed by atoms with Gasteiger partial charge in [-0.15, -0.1) is 0 Å². The maximum atomic E-state index is 11.7. The number of benzene rings is 1. The van der Waals surface area contributed by atoms with E-state index in [0.29, 0.717) is 24.1 Å². The molecule has 1 rings (SSSR count). The van der Waals surface area contributed by atoms with Gasteiger partial charge in [-0.05, 0) is 18.6 Å². The van der Waals surface area contributed by atoms with Gasteiger partial charge in [0.2, 0.25) is 0 Å². The summed E-state index contributed by atoms with van der Waals surface area (Å²) in [6, 6.07) is 6.92. The summed E-state index contributed by atoms with van der Waals surface area (Å²) in [4.78, 5) is 22.5. The first-order valence-electron chi connectivity index (χ1n) is 5.09. The molecule has 1 aromatic carbocycles. The van der Waals surface area contributed by atoms with E-state index in [2.05, 4.69) is 4.74 Å². The fourth-order valence-corrected chi connectivity index (χ4v) is 1.38. The first kappa shape index (κ1) is 12.2. The molecule has 0 aromatic heterocycles. The van der Waals surface area contributed by atoms with E-state index in [-0.39, 0.29) is 18.2 Å². The Labute approximate surface area is 94.4 Å². The smallest absolute Gasteiger partial charge is 0.305 e. The zero-order chi connectivity index (χ0) is 12.0. The molecular weight excluding hydrogens is 206 g/mol. The number of methoxy groups -OCH3 is 1. The number of esters is 1. The van der Waals surface area contributed by atoms with E-state index in [4.69, 9.17) is 5.73 Å². The number of ketones is 1. The van der Waals surface area contributed by atoms with E-state index < -0.39 is 0 Å². The summed E-state index contributed by atoms with van der Waals surface area (Å²) in [6.45, 7) is 0. The predicted molar refractivity (Wildman–Crippen MR) is 61.1 cm³/mol. The molecule has 0 aliphatic carbocycles. The van der Waals surface area contributed by atoms with Crippen LogP contribution in [0, 0.1) is 0 Å². The lowest BCUT2D eigenvalue weighted by Crippen LogP contribution is -2.05. The Morgan fingerprint density at radius 3 is 2.56 bits per heavy atom. The molecule has 0 amide bonds. The van der Waals surface area contributed by atoms with E-state index >= 15 is 0 Å². The van der Waals surface area contributed by atoms with Crippen LogP contribution in [-0.2, 0) is 9.53 Å². The number of carbonyl (C=O) groups excluding carboxylic acids is 2. The number of rotatable bonds is 5. The van der Waals surface area contributed by atoms with Crippen LogP contribution < -0.4 is 5.73 Å². The first-order valence-corrected chi connectivity index (χ1v) is 5.09.